The second-order valence-electron chi connectivity index (χ2n) is 4.87. The van der Waals surface area contributed by atoms with Gasteiger partial charge < -0.3 is 0 Å². The van der Waals surface area contributed by atoms with Gasteiger partial charge in [0.1, 0.15) is 0 Å². The molecule has 1 aromatic rings. The second kappa shape index (κ2) is 4.68. The van der Waals surface area contributed by atoms with Crippen LogP contribution in [0.1, 0.15) is 18.9 Å². The molecule has 0 N–H and O–H groups in total. The fourth-order valence-electron chi connectivity index (χ4n) is 1.99. The van der Waals surface area contributed by atoms with Crippen molar-refractivity contribution in [3.05, 3.63) is 34.9 Å². The van der Waals surface area contributed by atoms with E-state index in [0.29, 0.717) is 10.6 Å². The van der Waals surface area contributed by atoms with E-state index in [1.54, 1.807) is 24.3 Å². The van der Waals surface area contributed by atoms with Gasteiger partial charge in [-0.3, -0.25) is 4.79 Å². The summed E-state index contributed by atoms with van der Waals surface area (Å²) in [6.07, 6.45) is -0.950. The number of alkyl halides is 4. The van der Waals surface area contributed by atoms with E-state index in [1.807, 2.05) is 0 Å². The monoisotopic (exact) mass is 320 g/mol. The summed E-state index contributed by atoms with van der Waals surface area (Å²) in [7, 11) is 0. The molecule has 0 saturated heterocycles. The Bertz CT molecular complexity index is 614. The maximum atomic E-state index is 13.8. The number of hydrogen-bond acceptors (Lipinski definition) is 1. The smallest absolute Gasteiger partial charge is 0.284 e. The van der Waals surface area contributed by atoms with Gasteiger partial charge >= 0.3 is 0 Å². The van der Waals surface area contributed by atoms with Crippen molar-refractivity contribution in [2.24, 2.45) is 5.41 Å². The molecule has 0 bridgehead atoms. The highest BCUT2D eigenvalue weighted by atomic mass is 35.5. The first kappa shape index (κ1) is 15.2. The third-order valence-electron chi connectivity index (χ3n) is 3.39. The lowest BCUT2D eigenvalue weighted by Gasteiger charge is -2.51. The SMILES string of the molecule is CC1(C(=O)C#Cc2ccc(Cl)cc2)CC(F)(F)C1(F)Cl. The van der Waals surface area contributed by atoms with Crippen LogP contribution in [0.15, 0.2) is 24.3 Å². The third kappa shape index (κ3) is 2.19. The molecule has 0 aliphatic heterocycles. The Morgan fingerprint density at radius 1 is 1.25 bits per heavy atom. The molecule has 1 fully saturated rings. The van der Waals surface area contributed by atoms with Crippen LogP contribution in [0.2, 0.25) is 5.02 Å². The molecule has 0 amide bonds. The topological polar surface area (TPSA) is 17.1 Å². The molecular weight excluding hydrogens is 312 g/mol. The number of halogens is 5. The Kier molecular flexibility index (Phi) is 3.56. The first-order chi connectivity index (χ1) is 9.10. The van der Waals surface area contributed by atoms with Crippen LogP contribution in [-0.4, -0.2) is 16.8 Å². The zero-order valence-corrected chi connectivity index (χ0v) is 11.8. The predicted molar refractivity (Wildman–Crippen MR) is 70.7 cm³/mol. The molecule has 1 saturated carbocycles. The highest BCUT2D eigenvalue weighted by Gasteiger charge is 2.78. The average molecular weight is 321 g/mol. The number of carbonyl (C=O) groups is 1. The van der Waals surface area contributed by atoms with Crippen LogP contribution in [0.25, 0.3) is 0 Å². The van der Waals surface area contributed by atoms with Gasteiger partial charge in [0.05, 0.1) is 5.41 Å². The van der Waals surface area contributed by atoms with Gasteiger partial charge in [-0.25, -0.2) is 13.2 Å². The molecule has 0 heterocycles. The van der Waals surface area contributed by atoms with Crippen molar-refractivity contribution in [1.82, 2.24) is 0 Å². The second-order valence-corrected chi connectivity index (χ2v) is 5.83. The molecule has 2 unspecified atom stereocenters. The van der Waals surface area contributed by atoms with Crippen LogP contribution < -0.4 is 0 Å². The van der Waals surface area contributed by atoms with Crippen LogP contribution in [0, 0.1) is 17.3 Å². The number of ketones is 1. The largest absolute Gasteiger partial charge is 0.297 e. The van der Waals surface area contributed by atoms with Crippen LogP contribution >= 0.6 is 23.2 Å². The zero-order valence-electron chi connectivity index (χ0n) is 10.3. The summed E-state index contributed by atoms with van der Waals surface area (Å²) in [6, 6.07) is 6.25. The lowest BCUT2D eigenvalue weighted by Crippen LogP contribution is -2.67. The standard InChI is InChI=1S/C14H9Cl2F3O/c1-12(8-13(17,18)14(12,16)19)11(20)7-4-9-2-5-10(15)6-3-9/h2-3,5-6H,8H2,1H3. The summed E-state index contributed by atoms with van der Waals surface area (Å²) >= 11 is 10.9. The molecule has 0 aromatic heterocycles. The number of carbonyl (C=O) groups excluding carboxylic acids is 1. The number of hydrogen-bond donors (Lipinski definition) is 0. The Labute approximate surface area is 124 Å². The van der Waals surface area contributed by atoms with Gasteiger partial charge in [-0.15, -0.1) is 0 Å². The summed E-state index contributed by atoms with van der Waals surface area (Å²) in [6.45, 7) is 1.05. The number of benzene rings is 1. The minimum Gasteiger partial charge on any atom is -0.284 e. The van der Waals surface area contributed by atoms with E-state index < -0.39 is 28.7 Å². The molecule has 1 aromatic carbocycles. The molecule has 2 atom stereocenters. The van der Waals surface area contributed by atoms with Gasteiger partial charge in [0.2, 0.25) is 5.78 Å². The van der Waals surface area contributed by atoms with Crippen molar-refractivity contribution < 1.29 is 18.0 Å². The van der Waals surface area contributed by atoms with Crippen LogP contribution in [0.5, 0.6) is 0 Å². The third-order valence-corrected chi connectivity index (χ3v) is 4.34. The van der Waals surface area contributed by atoms with Crippen molar-refractivity contribution in [3.8, 4) is 11.8 Å². The Morgan fingerprint density at radius 3 is 2.25 bits per heavy atom. The normalized spacial score (nSPS) is 30.9. The number of Topliss-reactive ketones (excluding diaryl/α,β-unsaturated/α-hetero) is 1. The van der Waals surface area contributed by atoms with E-state index in [4.69, 9.17) is 23.2 Å². The van der Waals surface area contributed by atoms with E-state index in [-0.39, 0.29) is 0 Å². The molecule has 0 spiro atoms. The maximum Gasteiger partial charge on any atom is 0.297 e. The van der Waals surface area contributed by atoms with Gasteiger partial charge in [0.15, 0.2) is 0 Å². The summed E-state index contributed by atoms with van der Waals surface area (Å²) in [4.78, 5) is 11.8. The van der Waals surface area contributed by atoms with E-state index in [0.717, 1.165) is 6.92 Å². The summed E-state index contributed by atoms with van der Waals surface area (Å²) in [5.74, 6) is -0.0224. The highest BCUT2D eigenvalue weighted by molar-refractivity contribution is 6.30. The van der Waals surface area contributed by atoms with Crippen molar-refractivity contribution >= 4 is 29.0 Å². The van der Waals surface area contributed by atoms with E-state index in [2.05, 4.69) is 11.8 Å². The van der Waals surface area contributed by atoms with E-state index >= 15 is 0 Å². The highest BCUT2D eigenvalue weighted by Crippen LogP contribution is 2.64. The Balaban J connectivity index is 2.21. The van der Waals surface area contributed by atoms with Crippen LogP contribution in [-0.2, 0) is 4.79 Å². The van der Waals surface area contributed by atoms with Crippen molar-refractivity contribution in [1.29, 1.82) is 0 Å². The lowest BCUT2D eigenvalue weighted by molar-refractivity contribution is -0.240. The summed E-state index contributed by atoms with van der Waals surface area (Å²) in [5, 5.41) is -2.90. The molecule has 2 rings (SSSR count). The van der Waals surface area contributed by atoms with Crippen molar-refractivity contribution in [2.45, 2.75) is 24.4 Å². The fraction of sp³-hybridized carbons (Fsp3) is 0.357. The fourth-order valence-corrected chi connectivity index (χ4v) is 2.33. The quantitative estimate of drug-likeness (QED) is 0.559. The molecule has 20 heavy (non-hydrogen) atoms. The van der Waals surface area contributed by atoms with Crippen LogP contribution in [0.4, 0.5) is 13.2 Å². The first-order valence-corrected chi connectivity index (χ1v) is 6.43. The van der Waals surface area contributed by atoms with Crippen molar-refractivity contribution in [2.75, 3.05) is 0 Å². The zero-order chi connectivity index (χ0) is 15.2. The number of rotatable bonds is 1. The molecule has 106 valence electrons. The Morgan fingerprint density at radius 2 is 1.80 bits per heavy atom. The van der Waals surface area contributed by atoms with Gasteiger partial charge in [0, 0.05) is 17.0 Å². The van der Waals surface area contributed by atoms with Gasteiger partial charge in [0.25, 0.3) is 11.1 Å². The summed E-state index contributed by atoms with van der Waals surface area (Å²) < 4.78 is 39.9. The predicted octanol–water partition coefficient (Wildman–Crippen LogP) is 4.21. The molecule has 0 radical (unpaired) electrons. The van der Waals surface area contributed by atoms with Crippen molar-refractivity contribution in [3.63, 3.8) is 0 Å². The van der Waals surface area contributed by atoms with Gasteiger partial charge in [-0.1, -0.05) is 29.1 Å². The van der Waals surface area contributed by atoms with Gasteiger partial charge in [-0.2, -0.15) is 0 Å². The van der Waals surface area contributed by atoms with Gasteiger partial charge in [-0.05, 0) is 37.1 Å². The molecule has 6 heteroatoms. The Hall–Kier alpha value is -1.18. The lowest BCUT2D eigenvalue weighted by atomic mass is 9.62. The summed E-state index contributed by atoms with van der Waals surface area (Å²) in [5.41, 5.74) is -1.53. The van der Waals surface area contributed by atoms with Crippen LogP contribution in [0.3, 0.4) is 0 Å². The van der Waals surface area contributed by atoms with E-state index in [1.165, 1.54) is 0 Å². The van der Waals surface area contributed by atoms with E-state index in [9.17, 15) is 18.0 Å². The molecule has 1 aliphatic carbocycles. The minimum absolute atomic E-state index is 0.469. The first-order valence-electron chi connectivity index (χ1n) is 5.68. The molecule has 1 aliphatic rings. The molecular formula is C14H9Cl2F3O. The average Bonchev–Trinajstić information content (AvgIpc) is 2.36. The molecule has 1 nitrogen and oxygen atoms in total. The maximum absolute atomic E-state index is 13.8. The minimum atomic E-state index is -3.72.